The monoisotopic (exact) mass is 632 g/mol. The topological polar surface area (TPSA) is 133 Å². The van der Waals surface area contributed by atoms with Crippen molar-refractivity contribution in [2.45, 2.75) is 167 Å². The molecule has 0 aromatic carbocycles. The number of hydrogen-bond donors (Lipinski definition) is 4. The Morgan fingerprint density at radius 2 is 0.738 bits per heavy atom. The number of carboxylic acids is 2. The van der Waals surface area contributed by atoms with Gasteiger partial charge >= 0.3 is 11.9 Å². The van der Waals surface area contributed by atoms with Crippen LogP contribution in [0.2, 0.25) is 0 Å². The quantitative estimate of drug-likeness (QED) is 0.0445. The van der Waals surface area contributed by atoms with Crippen LogP contribution in [0.15, 0.2) is 0 Å². The number of hydrogen-bond acceptors (Lipinski definition) is 6. The van der Waals surface area contributed by atoms with Gasteiger partial charge in [0.25, 0.3) is 0 Å². The van der Waals surface area contributed by atoms with E-state index >= 15 is 0 Å². The molecule has 0 aliphatic carbocycles. The molecule has 8 nitrogen and oxygen atoms in total. The van der Waals surface area contributed by atoms with Crippen LogP contribution in [-0.4, -0.2) is 57.6 Å². The van der Waals surface area contributed by atoms with Crippen LogP contribution in [-0.2, 0) is 19.2 Å². The highest BCUT2D eigenvalue weighted by Gasteiger charge is 2.23. The summed E-state index contributed by atoms with van der Waals surface area (Å²) in [5, 5.41) is 24.1. The van der Waals surface area contributed by atoms with Crippen molar-refractivity contribution >= 4 is 45.3 Å². The summed E-state index contributed by atoms with van der Waals surface area (Å²) in [6.45, 7) is 4.43. The number of carboxylic acid groups (broad SMARTS) is 2. The van der Waals surface area contributed by atoms with Crippen molar-refractivity contribution in [1.82, 2.24) is 10.6 Å². The molecule has 10 heteroatoms. The van der Waals surface area contributed by atoms with Gasteiger partial charge in [-0.25, -0.2) is 9.59 Å². The zero-order valence-electron chi connectivity index (χ0n) is 26.5. The van der Waals surface area contributed by atoms with Gasteiger partial charge in [-0.3, -0.25) is 9.59 Å². The van der Waals surface area contributed by atoms with Gasteiger partial charge in [0, 0.05) is 24.3 Å². The van der Waals surface area contributed by atoms with Crippen molar-refractivity contribution < 1.29 is 29.4 Å². The lowest BCUT2D eigenvalue weighted by Crippen LogP contribution is -2.43. The van der Waals surface area contributed by atoms with Gasteiger partial charge in [-0.05, 0) is 12.8 Å². The molecular formula is C32H60N2O6S2. The van der Waals surface area contributed by atoms with Gasteiger partial charge in [0.1, 0.15) is 12.1 Å². The van der Waals surface area contributed by atoms with Crippen molar-refractivity contribution in [1.29, 1.82) is 0 Å². The van der Waals surface area contributed by atoms with Gasteiger partial charge in [-0.1, -0.05) is 151 Å². The highest BCUT2D eigenvalue weighted by Crippen LogP contribution is 2.23. The van der Waals surface area contributed by atoms with Crippen LogP contribution in [0.5, 0.6) is 0 Å². The molecule has 4 N–H and O–H groups in total. The maximum atomic E-state index is 12.2. The Kier molecular flexibility index (Phi) is 28.6. The second-order valence-electron chi connectivity index (χ2n) is 11.3. The van der Waals surface area contributed by atoms with E-state index in [0.717, 1.165) is 38.5 Å². The van der Waals surface area contributed by atoms with E-state index in [0.29, 0.717) is 12.8 Å². The van der Waals surface area contributed by atoms with Crippen LogP contribution in [0.3, 0.4) is 0 Å². The molecule has 0 heterocycles. The zero-order chi connectivity index (χ0) is 31.3. The third kappa shape index (κ3) is 26.2. The molecule has 0 saturated heterocycles. The highest BCUT2D eigenvalue weighted by atomic mass is 33.1. The average molecular weight is 633 g/mol. The molecule has 0 spiro atoms. The molecular weight excluding hydrogens is 572 g/mol. The fourth-order valence-electron chi connectivity index (χ4n) is 4.66. The van der Waals surface area contributed by atoms with Gasteiger partial charge in [-0.15, -0.1) is 0 Å². The van der Waals surface area contributed by atoms with E-state index in [2.05, 4.69) is 24.5 Å². The van der Waals surface area contributed by atoms with E-state index in [1.807, 2.05) is 0 Å². The average Bonchev–Trinajstić information content (AvgIpc) is 2.95. The molecule has 0 aliphatic heterocycles. The molecule has 42 heavy (non-hydrogen) atoms. The first-order valence-electron chi connectivity index (χ1n) is 16.6. The smallest absolute Gasteiger partial charge is 0.327 e. The van der Waals surface area contributed by atoms with Gasteiger partial charge < -0.3 is 20.8 Å². The van der Waals surface area contributed by atoms with Crippen molar-refractivity contribution in [2.24, 2.45) is 0 Å². The number of nitrogens with one attached hydrogen (secondary N) is 2. The molecule has 0 aromatic rings. The van der Waals surface area contributed by atoms with E-state index in [4.69, 9.17) is 0 Å². The molecule has 0 radical (unpaired) electrons. The summed E-state index contributed by atoms with van der Waals surface area (Å²) >= 11 is 0. The maximum Gasteiger partial charge on any atom is 0.327 e. The number of unbranched alkanes of at least 4 members (excludes halogenated alkanes) is 18. The summed E-state index contributed by atoms with van der Waals surface area (Å²) in [5.74, 6) is -2.53. The normalized spacial score (nSPS) is 12.5. The van der Waals surface area contributed by atoms with Crippen LogP contribution in [0.4, 0.5) is 0 Å². The Hall–Kier alpha value is -1.42. The van der Waals surface area contributed by atoms with Crippen molar-refractivity contribution in [3.63, 3.8) is 0 Å². The summed E-state index contributed by atoms with van der Waals surface area (Å²) in [7, 11) is 2.38. The second kappa shape index (κ2) is 29.6. The zero-order valence-corrected chi connectivity index (χ0v) is 28.1. The highest BCUT2D eigenvalue weighted by molar-refractivity contribution is 8.76. The molecule has 0 saturated carbocycles. The summed E-state index contributed by atoms with van der Waals surface area (Å²) in [6.07, 6.45) is 24.0. The van der Waals surface area contributed by atoms with Gasteiger partial charge in [0.2, 0.25) is 11.8 Å². The van der Waals surface area contributed by atoms with E-state index in [1.54, 1.807) is 0 Å². The molecule has 0 aromatic heterocycles. The molecule has 0 rings (SSSR count). The van der Waals surface area contributed by atoms with Crippen LogP contribution in [0.25, 0.3) is 0 Å². The summed E-state index contributed by atoms with van der Waals surface area (Å²) < 4.78 is 0. The molecule has 0 unspecified atom stereocenters. The molecule has 0 aliphatic rings. The number of carbonyl (C=O) groups excluding carboxylic acids is 2. The van der Waals surface area contributed by atoms with Crippen LogP contribution in [0.1, 0.15) is 155 Å². The molecule has 0 fully saturated rings. The number of carbonyl (C=O) groups is 4. The van der Waals surface area contributed by atoms with E-state index in [-0.39, 0.29) is 23.3 Å². The molecule has 2 amide bonds. The number of amides is 2. The van der Waals surface area contributed by atoms with Crippen LogP contribution < -0.4 is 10.6 Å². The lowest BCUT2D eigenvalue weighted by Gasteiger charge is -2.16. The lowest BCUT2D eigenvalue weighted by atomic mass is 10.1. The Morgan fingerprint density at radius 1 is 0.476 bits per heavy atom. The fourth-order valence-corrected chi connectivity index (χ4v) is 6.97. The summed E-state index contributed by atoms with van der Waals surface area (Å²) in [6, 6.07) is -2.07. The minimum absolute atomic E-state index is 0.114. The van der Waals surface area contributed by atoms with Crippen LogP contribution >= 0.6 is 21.6 Å². The third-order valence-corrected chi connectivity index (χ3v) is 9.76. The van der Waals surface area contributed by atoms with E-state index in [9.17, 15) is 29.4 Å². The Bertz CT molecular complexity index is 652. The van der Waals surface area contributed by atoms with Crippen molar-refractivity contribution in [3.05, 3.63) is 0 Å². The molecule has 2 atom stereocenters. The minimum Gasteiger partial charge on any atom is -0.480 e. The predicted molar refractivity (Wildman–Crippen MR) is 177 cm³/mol. The second-order valence-corrected chi connectivity index (χ2v) is 13.9. The first-order valence-corrected chi connectivity index (χ1v) is 19.1. The number of aliphatic carboxylic acids is 2. The van der Waals surface area contributed by atoms with Crippen molar-refractivity contribution in [3.8, 4) is 0 Å². The number of rotatable bonds is 31. The van der Waals surface area contributed by atoms with E-state index < -0.39 is 24.0 Å². The SMILES string of the molecule is CCCCCCCCCCCCC(=O)N[C@@H](CSSC[C@H](NC(=O)CCCCCCCCCCCC)C(=O)O)C(=O)O. The Morgan fingerprint density at radius 3 is 1.00 bits per heavy atom. The largest absolute Gasteiger partial charge is 0.480 e. The third-order valence-electron chi connectivity index (χ3n) is 7.33. The van der Waals surface area contributed by atoms with Gasteiger partial charge in [-0.2, -0.15) is 0 Å². The van der Waals surface area contributed by atoms with Crippen molar-refractivity contribution in [2.75, 3.05) is 11.5 Å². The molecule has 246 valence electrons. The predicted octanol–water partition coefficient (Wildman–Crippen LogP) is 8.13. The first-order chi connectivity index (χ1) is 20.3. The van der Waals surface area contributed by atoms with Gasteiger partial charge in [0.05, 0.1) is 0 Å². The van der Waals surface area contributed by atoms with Crippen LogP contribution in [0, 0.1) is 0 Å². The lowest BCUT2D eigenvalue weighted by molar-refractivity contribution is -0.141. The Balaban J connectivity index is 4.03. The minimum atomic E-state index is -1.11. The van der Waals surface area contributed by atoms with Gasteiger partial charge in [0.15, 0.2) is 0 Å². The summed E-state index contributed by atoms with van der Waals surface area (Å²) in [4.78, 5) is 47.7. The first kappa shape index (κ1) is 40.6. The molecule has 0 bridgehead atoms. The van der Waals surface area contributed by atoms with E-state index in [1.165, 1.54) is 111 Å². The standard InChI is InChI=1S/C32H60N2O6S2/c1-3-5-7-9-11-13-15-17-19-21-23-29(35)33-27(31(37)38)25-41-42-26-28(32(39)40)34-30(36)24-22-20-18-16-14-12-10-8-6-4-2/h27-28H,3-26H2,1-2H3,(H,33,35)(H,34,36)(H,37,38)(H,39,40)/t27-,28-/m0/s1. The maximum absolute atomic E-state index is 12.2. The Labute approximate surface area is 263 Å². The fraction of sp³-hybridized carbons (Fsp3) is 0.875. The summed E-state index contributed by atoms with van der Waals surface area (Å²) in [5.41, 5.74) is 0.